The molecule has 18 heavy (non-hydrogen) atoms. The summed E-state index contributed by atoms with van der Waals surface area (Å²) in [6.07, 6.45) is 2.89. The third kappa shape index (κ3) is 4.26. The summed E-state index contributed by atoms with van der Waals surface area (Å²) in [4.78, 5) is 12.1. The van der Waals surface area contributed by atoms with Crippen LogP contribution in [-0.4, -0.2) is 23.9 Å². The standard InChI is InChI=1S/C14H21NO2S/c1-14(2,3)8-9-15-10-6-5-7-11(18-4)12(10)13(16)17/h5-7,15H,8-9H2,1-4H3,(H,16,17). The fourth-order valence-corrected chi connectivity index (χ4v) is 2.26. The number of aromatic carboxylic acids is 1. The molecule has 2 N–H and O–H groups in total. The van der Waals surface area contributed by atoms with Gasteiger partial charge in [-0.15, -0.1) is 11.8 Å². The summed E-state index contributed by atoms with van der Waals surface area (Å²) in [5, 5.41) is 12.5. The zero-order valence-corrected chi connectivity index (χ0v) is 12.2. The molecule has 0 unspecified atom stereocenters. The summed E-state index contributed by atoms with van der Waals surface area (Å²) >= 11 is 1.46. The van der Waals surface area contributed by atoms with E-state index in [1.54, 1.807) is 0 Å². The van der Waals surface area contributed by atoms with Gasteiger partial charge in [0.1, 0.15) is 0 Å². The largest absolute Gasteiger partial charge is 0.478 e. The van der Waals surface area contributed by atoms with E-state index in [9.17, 15) is 9.90 Å². The molecule has 0 aromatic heterocycles. The van der Waals surface area contributed by atoms with Gasteiger partial charge in [-0.3, -0.25) is 0 Å². The van der Waals surface area contributed by atoms with Crippen LogP contribution in [0.5, 0.6) is 0 Å². The summed E-state index contributed by atoms with van der Waals surface area (Å²) < 4.78 is 0. The minimum atomic E-state index is -0.877. The quantitative estimate of drug-likeness (QED) is 0.793. The smallest absolute Gasteiger partial charge is 0.338 e. The van der Waals surface area contributed by atoms with Crippen molar-refractivity contribution in [1.29, 1.82) is 0 Å². The average molecular weight is 267 g/mol. The monoisotopic (exact) mass is 267 g/mol. The highest BCUT2D eigenvalue weighted by molar-refractivity contribution is 7.98. The molecule has 0 aliphatic carbocycles. The Balaban J connectivity index is 2.85. The Hall–Kier alpha value is -1.16. The topological polar surface area (TPSA) is 49.3 Å². The molecule has 0 aliphatic rings. The van der Waals surface area contributed by atoms with E-state index in [0.29, 0.717) is 11.3 Å². The second-order valence-corrected chi connectivity index (χ2v) is 6.27. The molecule has 1 rings (SSSR count). The Labute approximate surface area is 113 Å². The Morgan fingerprint density at radius 3 is 2.56 bits per heavy atom. The SMILES string of the molecule is CSc1cccc(NCCC(C)(C)C)c1C(=O)O. The van der Waals surface area contributed by atoms with Crippen LogP contribution in [0.15, 0.2) is 23.1 Å². The summed E-state index contributed by atoms with van der Waals surface area (Å²) in [7, 11) is 0. The highest BCUT2D eigenvalue weighted by atomic mass is 32.2. The molecule has 1 aromatic carbocycles. The van der Waals surface area contributed by atoms with Crippen molar-refractivity contribution in [1.82, 2.24) is 0 Å². The molecule has 0 bridgehead atoms. The van der Waals surface area contributed by atoms with Crippen molar-refractivity contribution in [3.05, 3.63) is 23.8 Å². The zero-order chi connectivity index (χ0) is 13.8. The molecule has 0 spiro atoms. The first-order valence-corrected chi connectivity index (χ1v) is 7.22. The van der Waals surface area contributed by atoms with Gasteiger partial charge in [0.2, 0.25) is 0 Å². The number of hydrogen-bond acceptors (Lipinski definition) is 3. The van der Waals surface area contributed by atoms with Crippen LogP contribution in [0.1, 0.15) is 37.6 Å². The van der Waals surface area contributed by atoms with Crippen molar-refractivity contribution in [3.63, 3.8) is 0 Å². The molecule has 0 fully saturated rings. The highest BCUT2D eigenvalue weighted by Gasteiger charge is 2.15. The van der Waals surface area contributed by atoms with Gasteiger partial charge in [-0.25, -0.2) is 4.79 Å². The van der Waals surface area contributed by atoms with Gasteiger partial charge < -0.3 is 10.4 Å². The van der Waals surface area contributed by atoms with Crippen LogP contribution in [0.2, 0.25) is 0 Å². The first-order valence-electron chi connectivity index (χ1n) is 5.99. The van der Waals surface area contributed by atoms with E-state index in [-0.39, 0.29) is 5.41 Å². The summed E-state index contributed by atoms with van der Waals surface area (Å²) in [6.45, 7) is 7.29. The molecule has 0 radical (unpaired) electrons. The zero-order valence-electron chi connectivity index (χ0n) is 11.4. The lowest BCUT2D eigenvalue weighted by Gasteiger charge is -2.19. The lowest BCUT2D eigenvalue weighted by atomic mass is 9.92. The molecule has 0 atom stereocenters. The number of thioether (sulfide) groups is 1. The van der Waals surface area contributed by atoms with Gasteiger partial charge in [0.25, 0.3) is 0 Å². The number of nitrogens with one attached hydrogen (secondary N) is 1. The number of anilines is 1. The van der Waals surface area contributed by atoms with Crippen molar-refractivity contribution >= 4 is 23.4 Å². The van der Waals surface area contributed by atoms with Gasteiger partial charge in [0, 0.05) is 17.1 Å². The van der Waals surface area contributed by atoms with Crippen LogP contribution in [0.4, 0.5) is 5.69 Å². The number of carboxylic acid groups (broad SMARTS) is 1. The van der Waals surface area contributed by atoms with E-state index >= 15 is 0 Å². The van der Waals surface area contributed by atoms with E-state index in [2.05, 4.69) is 26.1 Å². The molecule has 3 nitrogen and oxygen atoms in total. The predicted octanol–water partition coefficient (Wildman–Crippen LogP) is 3.95. The first-order chi connectivity index (χ1) is 8.35. The predicted molar refractivity (Wildman–Crippen MR) is 77.7 cm³/mol. The number of benzene rings is 1. The van der Waals surface area contributed by atoms with Crippen molar-refractivity contribution in [2.45, 2.75) is 32.1 Å². The number of carbonyl (C=O) groups is 1. The van der Waals surface area contributed by atoms with Gasteiger partial charge in [0.05, 0.1) is 5.56 Å². The molecule has 0 aliphatic heterocycles. The molecular formula is C14H21NO2S. The normalized spacial score (nSPS) is 11.3. The van der Waals surface area contributed by atoms with Crippen LogP contribution >= 0.6 is 11.8 Å². The van der Waals surface area contributed by atoms with E-state index in [0.717, 1.165) is 17.9 Å². The van der Waals surface area contributed by atoms with Gasteiger partial charge in [-0.2, -0.15) is 0 Å². The Kier molecular flexibility index (Phi) is 5.08. The van der Waals surface area contributed by atoms with Crippen LogP contribution in [0.25, 0.3) is 0 Å². The van der Waals surface area contributed by atoms with Crippen molar-refractivity contribution in [3.8, 4) is 0 Å². The van der Waals surface area contributed by atoms with Crippen molar-refractivity contribution in [2.24, 2.45) is 5.41 Å². The van der Waals surface area contributed by atoms with E-state index in [1.165, 1.54) is 11.8 Å². The van der Waals surface area contributed by atoms with E-state index in [4.69, 9.17) is 0 Å². The lowest BCUT2D eigenvalue weighted by molar-refractivity contribution is 0.0694. The molecular weight excluding hydrogens is 246 g/mol. The van der Waals surface area contributed by atoms with Gasteiger partial charge in [-0.05, 0) is 30.2 Å². The van der Waals surface area contributed by atoms with E-state index < -0.39 is 5.97 Å². The van der Waals surface area contributed by atoms with Gasteiger partial charge in [-0.1, -0.05) is 26.8 Å². The maximum absolute atomic E-state index is 11.3. The molecule has 1 aromatic rings. The highest BCUT2D eigenvalue weighted by Crippen LogP contribution is 2.27. The van der Waals surface area contributed by atoms with Crippen LogP contribution in [0, 0.1) is 5.41 Å². The summed E-state index contributed by atoms with van der Waals surface area (Å²) in [6, 6.07) is 5.55. The maximum Gasteiger partial charge on any atom is 0.338 e. The Morgan fingerprint density at radius 2 is 2.06 bits per heavy atom. The lowest BCUT2D eigenvalue weighted by Crippen LogP contribution is -2.14. The summed E-state index contributed by atoms with van der Waals surface area (Å²) in [5.74, 6) is -0.877. The Morgan fingerprint density at radius 1 is 1.39 bits per heavy atom. The molecule has 0 heterocycles. The average Bonchev–Trinajstić information content (AvgIpc) is 2.26. The molecule has 0 saturated heterocycles. The van der Waals surface area contributed by atoms with Crippen molar-refractivity contribution < 1.29 is 9.90 Å². The van der Waals surface area contributed by atoms with E-state index in [1.807, 2.05) is 24.5 Å². The fourth-order valence-electron chi connectivity index (χ4n) is 1.64. The minimum absolute atomic E-state index is 0.244. The fraction of sp³-hybridized carbons (Fsp3) is 0.500. The molecule has 4 heteroatoms. The second kappa shape index (κ2) is 6.14. The van der Waals surface area contributed by atoms with Crippen LogP contribution in [0.3, 0.4) is 0 Å². The van der Waals surface area contributed by atoms with Gasteiger partial charge >= 0.3 is 5.97 Å². The maximum atomic E-state index is 11.3. The molecule has 0 saturated carbocycles. The third-order valence-electron chi connectivity index (χ3n) is 2.65. The minimum Gasteiger partial charge on any atom is -0.478 e. The second-order valence-electron chi connectivity index (χ2n) is 5.43. The van der Waals surface area contributed by atoms with Crippen molar-refractivity contribution in [2.75, 3.05) is 18.1 Å². The van der Waals surface area contributed by atoms with Crippen LogP contribution < -0.4 is 5.32 Å². The number of carboxylic acids is 1. The molecule has 0 amide bonds. The molecule has 100 valence electrons. The third-order valence-corrected chi connectivity index (χ3v) is 3.43. The number of rotatable bonds is 5. The Bertz CT molecular complexity index is 424. The van der Waals surface area contributed by atoms with Crippen LogP contribution in [-0.2, 0) is 0 Å². The summed E-state index contributed by atoms with van der Waals surface area (Å²) in [5.41, 5.74) is 1.32. The van der Waals surface area contributed by atoms with Gasteiger partial charge in [0.15, 0.2) is 0 Å². The number of hydrogen-bond donors (Lipinski definition) is 2. The first kappa shape index (κ1) is 14.9.